The number of anilines is 1. The van der Waals surface area contributed by atoms with Crippen molar-refractivity contribution in [2.24, 2.45) is 0 Å². The van der Waals surface area contributed by atoms with Crippen LogP contribution in [0.1, 0.15) is 15.9 Å². The molecule has 0 radical (unpaired) electrons. The molecule has 6 heteroatoms. The zero-order chi connectivity index (χ0) is 10.9. The number of hydrogen-bond donors (Lipinski definition) is 1. The number of benzene rings is 1. The van der Waals surface area contributed by atoms with Crippen molar-refractivity contribution < 1.29 is 18.0 Å². The highest BCUT2D eigenvalue weighted by Crippen LogP contribution is 2.36. The summed E-state index contributed by atoms with van der Waals surface area (Å²) in [5.41, 5.74) is 3.19. The van der Waals surface area contributed by atoms with E-state index < -0.39 is 17.4 Å². The fourth-order valence-corrected chi connectivity index (χ4v) is 1.20. The van der Waals surface area contributed by atoms with Gasteiger partial charge in [0.15, 0.2) is 6.29 Å². The minimum Gasteiger partial charge on any atom is -0.398 e. The summed E-state index contributed by atoms with van der Waals surface area (Å²) in [4.78, 5) is 10.4. The summed E-state index contributed by atoms with van der Waals surface area (Å²) in [7, 11) is 0. The summed E-state index contributed by atoms with van der Waals surface area (Å²) >= 11 is 5.39. The van der Waals surface area contributed by atoms with Crippen LogP contribution in [0, 0.1) is 0 Å². The van der Waals surface area contributed by atoms with E-state index in [9.17, 15) is 18.0 Å². The summed E-state index contributed by atoms with van der Waals surface area (Å²) in [6.07, 6.45) is -4.37. The molecular formula is C8H5ClF3NO. The third kappa shape index (κ3) is 1.98. The lowest BCUT2D eigenvalue weighted by Gasteiger charge is -2.11. The molecule has 0 bridgehead atoms. The number of alkyl halides is 3. The first kappa shape index (κ1) is 10.8. The molecule has 0 amide bonds. The number of nitrogens with two attached hydrogens (primary N) is 1. The Morgan fingerprint density at radius 1 is 1.36 bits per heavy atom. The van der Waals surface area contributed by atoms with E-state index in [1.165, 1.54) is 0 Å². The molecular weight excluding hydrogens is 219 g/mol. The van der Waals surface area contributed by atoms with Gasteiger partial charge in [0, 0.05) is 10.6 Å². The standard InChI is InChI=1S/C8H5ClF3NO/c9-5-1-4(3-14)7(13)6(2-5)8(10,11)12/h1-3H,13H2. The third-order valence-electron chi connectivity index (χ3n) is 1.61. The van der Waals surface area contributed by atoms with Crippen molar-refractivity contribution >= 4 is 23.6 Å². The van der Waals surface area contributed by atoms with Crippen LogP contribution in [-0.4, -0.2) is 6.29 Å². The van der Waals surface area contributed by atoms with Gasteiger partial charge in [-0.2, -0.15) is 13.2 Å². The first-order valence-corrected chi connectivity index (χ1v) is 3.85. The molecule has 2 nitrogen and oxygen atoms in total. The van der Waals surface area contributed by atoms with Crippen molar-refractivity contribution in [2.75, 3.05) is 5.73 Å². The quantitative estimate of drug-likeness (QED) is 0.588. The summed E-state index contributed by atoms with van der Waals surface area (Å²) in [5.74, 6) is 0. The maximum absolute atomic E-state index is 12.3. The normalized spacial score (nSPS) is 11.4. The summed E-state index contributed by atoms with van der Waals surface area (Å²) < 4.78 is 36.9. The van der Waals surface area contributed by atoms with Gasteiger partial charge in [-0.3, -0.25) is 4.79 Å². The Kier molecular flexibility index (Phi) is 2.71. The number of aldehydes is 1. The van der Waals surface area contributed by atoms with Crippen LogP contribution in [0.5, 0.6) is 0 Å². The predicted molar refractivity (Wildman–Crippen MR) is 46.3 cm³/mol. The van der Waals surface area contributed by atoms with Crippen molar-refractivity contribution in [3.8, 4) is 0 Å². The summed E-state index contributed by atoms with van der Waals surface area (Å²) in [5, 5.41) is -0.173. The van der Waals surface area contributed by atoms with Crippen molar-refractivity contribution in [1.29, 1.82) is 0 Å². The van der Waals surface area contributed by atoms with Crippen LogP contribution in [0.3, 0.4) is 0 Å². The zero-order valence-electron chi connectivity index (χ0n) is 6.73. The molecule has 1 aromatic carbocycles. The Morgan fingerprint density at radius 3 is 2.36 bits per heavy atom. The first-order chi connectivity index (χ1) is 6.36. The van der Waals surface area contributed by atoms with E-state index in [1.807, 2.05) is 0 Å². The largest absolute Gasteiger partial charge is 0.418 e. The number of carbonyl (C=O) groups excluding carboxylic acids is 1. The Balaban J connectivity index is 3.44. The monoisotopic (exact) mass is 223 g/mol. The van der Waals surface area contributed by atoms with Gasteiger partial charge in [-0.25, -0.2) is 0 Å². The summed E-state index contributed by atoms with van der Waals surface area (Å²) in [6, 6.07) is 1.77. The molecule has 0 saturated carbocycles. The number of nitrogen functional groups attached to an aromatic ring is 1. The van der Waals surface area contributed by atoms with Crippen LogP contribution in [-0.2, 0) is 6.18 Å². The fraction of sp³-hybridized carbons (Fsp3) is 0.125. The van der Waals surface area contributed by atoms with Crippen LogP contribution in [0.4, 0.5) is 18.9 Å². The smallest absolute Gasteiger partial charge is 0.398 e. The highest BCUT2D eigenvalue weighted by atomic mass is 35.5. The van der Waals surface area contributed by atoms with Gasteiger partial charge >= 0.3 is 6.18 Å². The van der Waals surface area contributed by atoms with Gasteiger partial charge in [0.25, 0.3) is 0 Å². The Bertz CT molecular complexity index is 376. The van der Waals surface area contributed by atoms with E-state index in [2.05, 4.69) is 0 Å². The number of halogens is 4. The summed E-state index contributed by atoms with van der Waals surface area (Å²) in [6.45, 7) is 0. The number of hydrogen-bond acceptors (Lipinski definition) is 2. The molecule has 0 aliphatic rings. The van der Waals surface area contributed by atoms with Crippen LogP contribution in [0.25, 0.3) is 0 Å². The van der Waals surface area contributed by atoms with Crippen molar-refractivity contribution in [3.05, 3.63) is 28.3 Å². The lowest BCUT2D eigenvalue weighted by atomic mass is 10.1. The van der Waals surface area contributed by atoms with Crippen LogP contribution in [0.15, 0.2) is 12.1 Å². The molecule has 1 rings (SSSR count). The SMILES string of the molecule is Nc1c(C=O)cc(Cl)cc1C(F)(F)F. The lowest BCUT2D eigenvalue weighted by molar-refractivity contribution is -0.136. The minimum absolute atomic E-state index is 0.173. The average Bonchev–Trinajstić information content (AvgIpc) is 2.06. The molecule has 0 aliphatic heterocycles. The van der Waals surface area contributed by atoms with Gasteiger partial charge in [0.2, 0.25) is 0 Å². The minimum atomic E-state index is -4.60. The van der Waals surface area contributed by atoms with E-state index in [1.54, 1.807) is 0 Å². The maximum Gasteiger partial charge on any atom is 0.418 e. The first-order valence-electron chi connectivity index (χ1n) is 3.47. The Hall–Kier alpha value is -1.23. The second-order valence-electron chi connectivity index (χ2n) is 2.57. The van der Waals surface area contributed by atoms with Gasteiger partial charge in [0.05, 0.1) is 11.3 Å². The van der Waals surface area contributed by atoms with Crippen LogP contribution in [0.2, 0.25) is 5.02 Å². The highest BCUT2D eigenvalue weighted by Gasteiger charge is 2.34. The molecule has 2 N–H and O–H groups in total. The Labute approximate surface area is 82.5 Å². The predicted octanol–water partition coefficient (Wildman–Crippen LogP) is 2.75. The molecule has 76 valence electrons. The maximum atomic E-state index is 12.3. The van der Waals surface area contributed by atoms with Gasteiger partial charge < -0.3 is 5.73 Å². The topological polar surface area (TPSA) is 43.1 Å². The molecule has 0 saturated heterocycles. The molecule has 0 atom stereocenters. The van der Waals surface area contributed by atoms with E-state index in [0.717, 1.165) is 6.07 Å². The molecule has 0 aliphatic carbocycles. The van der Waals surface area contributed by atoms with E-state index >= 15 is 0 Å². The molecule has 0 heterocycles. The Morgan fingerprint density at radius 2 is 1.93 bits per heavy atom. The highest BCUT2D eigenvalue weighted by molar-refractivity contribution is 6.31. The van der Waals surface area contributed by atoms with Crippen molar-refractivity contribution in [2.45, 2.75) is 6.18 Å². The van der Waals surface area contributed by atoms with Gasteiger partial charge in [-0.15, -0.1) is 0 Å². The van der Waals surface area contributed by atoms with Crippen molar-refractivity contribution in [3.63, 3.8) is 0 Å². The fourth-order valence-electron chi connectivity index (χ4n) is 0.971. The molecule has 0 aromatic heterocycles. The van der Waals surface area contributed by atoms with Crippen LogP contribution < -0.4 is 5.73 Å². The van der Waals surface area contributed by atoms with E-state index in [4.69, 9.17) is 17.3 Å². The van der Waals surface area contributed by atoms with E-state index in [-0.39, 0.29) is 16.9 Å². The molecule has 1 aromatic rings. The van der Waals surface area contributed by atoms with Gasteiger partial charge in [0.1, 0.15) is 0 Å². The zero-order valence-corrected chi connectivity index (χ0v) is 7.49. The second-order valence-corrected chi connectivity index (χ2v) is 3.01. The van der Waals surface area contributed by atoms with Crippen LogP contribution >= 0.6 is 11.6 Å². The number of carbonyl (C=O) groups is 1. The second kappa shape index (κ2) is 3.49. The molecule has 0 fully saturated rings. The van der Waals surface area contributed by atoms with E-state index in [0.29, 0.717) is 6.07 Å². The van der Waals surface area contributed by atoms with Gasteiger partial charge in [-0.1, -0.05) is 11.6 Å². The number of rotatable bonds is 1. The molecule has 0 spiro atoms. The average molecular weight is 224 g/mol. The molecule has 0 unspecified atom stereocenters. The van der Waals surface area contributed by atoms with Gasteiger partial charge in [-0.05, 0) is 12.1 Å². The third-order valence-corrected chi connectivity index (χ3v) is 1.83. The van der Waals surface area contributed by atoms with Crippen molar-refractivity contribution in [1.82, 2.24) is 0 Å². The lowest BCUT2D eigenvalue weighted by Crippen LogP contribution is -2.10. The molecule has 14 heavy (non-hydrogen) atoms.